The third kappa shape index (κ3) is 5.15. The van der Waals surface area contributed by atoms with Crippen molar-refractivity contribution in [2.45, 2.75) is 44.0 Å². The number of aromatic nitrogens is 3. The maximum Gasteiger partial charge on any atom is 0.231 e. The molecule has 2 N–H and O–H groups in total. The molecule has 1 amide bonds. The summed E-state index contributed by atoms with van der Waals surface area (Å²) >= 11 is 7.20. The van der Waals surface area contributed by atoms with E-state index in [1.807, 2.05) is 13.0 Å². The van der Waals surface area contributed by atoms with Gasteiger partial charge in [0.05, 0.1) is 11.8 Å². The van der Waals surface area contributed by atoms with Gasteiger partial charge in [-0.05, 0) is 56.4 Å². The van der Waals surface area contributed by atoms with Crippen LogP contribution in [-0.2, 0) is 11.4 Å². The van der Waals surface area contributed by atoms with E-state index in [2.05, 4.69) is 26.6 Å². The number of amides is 1. The molecule has 2 aromatic rings. The second-order valence-electron chi connectivity index (χ2n) is 6.69. The van der Waals surface area contributed by atoms with Crippen LogP contribution in [0.4, 0.5) is 0 Å². The average molecular weight is 406 g/mol. The predicted molar refractivity (Wildman–Crippen MR) is 103 cm³/mol. The van der Waals surface area contributed by atoms with Crippen molar-refractivity contribution in [2.75, 3.05) is 5.75 Å². The Hall–Kier alpha value is -2.24. The number of carbonyl (C=O) groups excluding carboxylic acids is 1. The first-order valence-electron chi connectivity index (χ1n) is 8.55. The van der Waals surface area contributed by atoms with Crippen molar-refractivity contribution in [1.29, 1.82) is 5.26 Å². The minimum atomic E-state index is -0.785. The molecule has 7 nitrogen and oxygen atoms in total. The summed E-state index contributed by atoms with van der Waals surface area (Å²) in [6.45, 7) is 3.91. The van der Waals surface area contributed by atoms with Crippen molar-refractivity contribution in [3.8, 4) is 11.8 Å². The number of carbonyl (C=O) groups is 1. The molecule has 0 spiro atoms. The Bertz CT molecular complexity index is 877. The van der Waals surface area contributed by atoms with E-state index in [-0.39, 0.29) is 24.2 Å². The third-order valence-electron chi connectivity index (χ3n) is 4.37. The van der Waals surface area contributed by atoms with Crippen molar-refractivity contribution < 1.29 is 9.53 Å². The Kier molecular flexibility index (Phi) is 5.92. The van der Waals surface area contributed by atoms with Crippen LogP contribution in [0, 0.1) is 24.2 Å². The number of benzene rings is 1. The number of aryl methyl sites for hydroxylation is 1. The Balaban J connectivity index is 1.47. The smallest absolute Gasteiger partial charge is 0.231 e. The molecule has 0 aliphatic heterocycles. The van der Waals surface area contributed by atoms with Gasteiger partial charge in [-0.3, -0.25) is 9.89 Å². The summed E-state index contributed by atoms with van der Waals surface area (Å²) in [4.78, 5) is 16.4. The van der Waals surface area contributed by atoms with Gasteiger partial charge < -0.3 is 10.1 Å². The van der Waals surface area contributed by atoms with Gasteiger partial charge in [0.25, 0.3) is 0 Å². The quantitative estimate of drug-likeness (QED) is 0.653. The fourth-order valence-electron chi connectivity index (χ4n) is 2.60. The summed E-state index contributed by atoms with van der Waals surface area (Å²) in [7, 11) is 0. The van der Waals surface area contributed by atoms with Gasteiger partial charge in [-0.1, -0.05) is 23.4 Å². The summed E-state index contributed by atoms with van der Waals surface area (Å²) in [6, 6.07) is 7.63. The number of hydrogen-bond acceptors (Lipinski definition) is 6. The van der Waals surface area contributed by atoms with E-state index in [0.29, 0.717) is 21.8 Å². The number of halogens is 1. The normalized spacial score (nSPS) is 15.6. The molecule has 1 saturated carbocycles. The van der Waals surface area contributed by atoms with Crippen LogP contribution in [-0.4, -0.2) is 32.4 Å². The zero-order valence-corrected chi connectivity index (χ0v) is 16.7. The fraction of sp³-hybridized carbons (Fsp3) is 0.444. The molecule has 1 heterocycles. The van der Waals surface area contributed by atoms with Gasteiger partial charge >= 0.3 is 0 Å². The minimum absolute atomic E-state index is 0.151. The van der Waals surface area contributed by atoms with Gasteiger partial charge in [0.2, 0.25) is 11.1 Å². The van der Waals surface area contributed by atoms with Crippen molar-refractivity contribution in [3.63, 3.8) is 0 Å². The zero-order chi connectivity index (χ0) is 19.4. The number of thioether (sulfide) groups is 1. The van der Waals surface area contributed by atoms with Gasteiger partial charge in [-0.25, -0.2) is 4.98 Å². The summed E-state index contributed by atoms with van der Waals surface area (Å²) in [5, 5.41) is 20.1. The molecule has 1 atom stereocenters. The number of ether oxygens (including phenoxy) is 1. The minimum Gasteiger partial charge on any atom is -0.486 e. The van der Waals surface area contributed by atoms with Crippen molar-refractivity contribution in [1.82, 2.24) is 20.5 Å². The van der Waals surface area contributed by atoms with Crippen LogP contribution in [0.2, 0.25) is 5.02 Å². The second kappa shape index (κ2) is 8.19. The highest BCUT2D eigenvalue weighted by molar-refractivity contribution is 7.99. The summed E-state index contributed by atoms with van der Waals surface area (Å²) in [5.41, 5.74) is 0.149. The highest BCUT2D eigenvalue weighted by Crippen LogP contribution is 2.39. The summed E-state index contributed by atoms with van der Waals surface area (Å²) < 4.78 is 5.66. The molecule has 3 rings (SSSR count). The van der Waals surface area contributed by atoms with Crippen LogP contribution in [0.25, 0.3) is 0 Å². The molecular weight excluding hydrogens is 386 g/mol. The Morgan fingerprint density at radius 2 is 2.33 bits per heavy atom. The molecule has 0 unspecified atom stereocenters. The summed E-state index contributed by atoms with van der Waals surface area (Å²) in [6.07, 6.45) is 1.96. The lowest BCUT2D eigenvalue weighted by atomic mass is 9.98. The number of nitriles is 1. The lowest BCUT2D eigenvalue weighted by molar-refractivity contribution is -0.119. The van der Waals surface area contributed by atoms with Crippen molar-refractivity contribution >= 4 is 29.3 Å². The Labute approximate surface area is 166 Å². The van der Waals surface area contributed by atoms with Crippen LogP contribution in [0.1, 0.15) is 31.2 Å². The van der Waals surface area contributed by atoms with Crippen LogP contribution >= 0.6 is 23.4 Å². The van der Waals surface area contributed by atoms with Gasteiger partial charge in [0.15, 0.2) is 5.82 Å². The summed E-state index contributed by atoms with van der Waals surface area (Å²) in [5.74, 6) is 1.46. The van der Waals surface area contributed by atoms with Gasteiger partial charge in [-0.15, -0.1) is 5.10 Å². The maximum atomic E-state index is 12.1. The van der Waals surface area contributed by atoms with Gasteiger partial charge in [-0.2, -0.15) is 5.26 Å². The molecule has 142 valence electrons. The monoisotopic (exact) mass is 405 g/mol. The number of hydrogen-bond donors (Lipinski definition) is 2. The molecule has 9 heteroatoms. The number of H-pyrrole nitrogens is 1. The van der Waals surface area contributed by atoms with Crippen LogP contribution in [0.3, 0.4) is 0 Å². The van der Waals surface area contributed by atoms with Crippen LogP contribution < -0.4 is 10.1 Å². The van der Waals surface area contributed by atoms with Gasteiger partial charge in [0.1, 0.15) is 17.9 Å². The first kappa shape index (κ1) is 19.5. The number of aromatic amines is 1. The van der Waals surface area contributed by atoms with E-state index in [1.165, 1.54) is 11.8 Å². The standard InChI is InChI=1S/C18H20ClN5O2S/c1-11-7-13(5-6-14(11)19)26-8-15-21-17(24-23-15)27-9-16(25)22-18(2,10-20)12-3-4-12/h5-7,12H,3-4,8-9H2,1-2H3,(H,22,25)(H,21,23,24)/t18-/m0/s1. The van der Waals surface area contributed by atoms with Crippen molar-refractivity contribution in [2.24, 2.45) is 5.92 Å². The van der Waals surface area contributed by atoms with E-state index in [4.69, 9.17) is 16.3 Å². The Morgan fingerprint density at radius 3 is 3.00 bits per heavy atom. The topological polar surface area (TPSA) is 104 Å². The first-order valence-corrected chi connectivity index (χ1v) is 9.91. The third-order valence-corrected chi connectivity index (χ3v) is 5.65. The SMILES string of the molecule is Cc1cc(OCc2nc(SCC(=O)N[C@@](C)(C#N)C3CC3)n[nH]2)ccc1Cl. The molecule has 1 aromatic carbocycles. The Morgan fingerprint density at radius 1 is 1.56 bits per heavy atom. The van der Waals surface area contributed by atoms with Crippen LogP contribution in [0.15, 0.2) is 23.4 Å². The molecule has 1 aliphatic carbocycles. The maximum absolute atomic E-state index is 12.1. The largest absolute Gasteiger partial charge is 0.486 e. The lowest BCUT2D eigenvalue weighted by Gasteiger charge is -2.22. The molecule has 0 bridgehead atoms. The van der Waals surface area contributed by atoms with E-state index >= 15 is 0 Å². The van der Waals surface area contributed by atoms with Crippen molar-refractivity contribution in [3.05, 3.63) is 34.6 Å². The molecule has 1 fully saturated rings. The predicted octanol–water partition coefficient (Wildman–Crippen LogP) is 3.25. The van der Waals surface area contributed by atoms with Gasteiger partial charge in [0, 0.05) is 5.02 Å². The molecule has 27 heavy (non-hydrogen) atoms. The van der Waals surface area contributed by atoms with Crippen LogP contribution in [0.5, 0.6) is 5.75 Å². The lowest BCUT2D eigenvalue weighted by Crippen LogP contribution is -2.47. The van der Waals surface area contributed by atoms with E-state index in [9.17, 15) is 10.1 Å². The molecule has 1 aliphatic rings. The zero-order valence-electron chi connectivity index (χ0n) is 15.1. The number of rotatable bonds is 8. The van der Waals surface area contributed by atoms with E-state index in [1.54, 1.807) is 19.1 Å². The highest BCUT2D eigenvalue weighted by atomic mass is 35.5. The molecular formula is C18H20ClN5O2S. The second-order valence-corrected chi connectivity index (χ2v) is 8.04. The molecule has 1 aromatic heterocycles. The van der Waals surface area contributed by atoms with E-state index in [0.717, 1.165) is 18.4 Å². The molecule has 0 radical (unpaired) electrons. The molecule has 0 saturated heterocycles. The average Bonchev–Trinajstić information content (AvgIpc) is 3.41. The van der Waals surface area contributed by atoms with E-state index < -0.39 is 5.54 Å². The highest BCUT2D eigenvalue weighted by Gasteiger charge is 2.42. The fourth-order valence-corrected chi connectivity index (χ4v) is 3.34. The number of nitrogens with one attached hydrogen (secondary N) is 2. The first-order chi connectivity index (χ1) is 12.9. The number of nitrogens with zero attached hydrogens (tertiary/aromatic N) is 3.